The smallest absolute Gasteiger partial charge is 0.225 e. The lowest BCUT2D eigenvalue weighted by Gasteiger charge is -2.39. The largest absolute Gasteiger partial charge is 0.353 e. The molecule has 1 aliphatic heterocycles. The van der Waals surface area contributed by atoms with E-state index in [1.807, 2.05) is 4.90 Å². The quantitative estimate of drug-likeness (QED) is 0.858. The van der Waals surface area contributed by atoms with Gasteiger partial charge in [-0.25, -0.2) is 0 Å². The van der Waals surface area contributed by atoms with Crippen LogP contribution >= 0.6 is 0 Å². The summed E-state index contributed by atoms with van der Waals surface area (Å²) < 4.78 is 0. The number of likely N-dealkylation sites (tertiary alicyclic amines) is 1. The number of hydrogen-bond acceptors (Lipinski definition) is 2. The van der Waals surface area contributed by atoms with Crippen LogP contribution in [0.4, 0.5) is 0 Å². The number of nitrogens with zero attached hydrogens (tertiary/aromatic N) is 1. The highest BCUT2D eigenvalue weighted by molar-refractivity contribution is 5.82. The van der Waals surface area contributed by atoms with Crippen LogP contribution in [0.3, 0.4) is 0 Å². The Morgan fingerprint density at radius 1 is 0.958 bits per heavy atom. The fraction of sp³-hybridized carbons (Fsp3) is 0.900. The van der Waals surface area contributed by atoms with E-state index in [9.17, 15) is 9.59 Å². The van der Waals surface area contributed by atoms with Gasteiger partial charge in [-0.3, -0.25) is 9.59 Å². The molecule has 24 heavy (non-hydrogen) atoms. The van der Waals surface area contributed by atoms with Crippen molar-refractivity contribution in [3.05, 3.63) is 0 Å². The Kier molecular flexibility index (Phi) is 5.51. The van der Waals surface area contributed by atoms with Gasteiger partial charge in [0.25, 0.3) is 0 Å². The predicted molar refractivity (Wildman–Crippen MR) is 95.3 cm³/mol. The molecular formula is C20H34N2O2. The van der Waals surface area contributed by atoms with Crippen LogP contribution in [0.1, 0.15) is 65.7 Å². The number of piperidine rings is 1. The highest BCUT2D eigenvalue weighted by atomic mass is 16.2. The van der Waals surface area contributed by atoms with Crippen LogP contribution in [-0.4, -0.2) is 35.8 Å². The number of amides is 2. The lowest BCUT2D eigenvalue weighted by Crippen LogP contribution is -2.49. The number of nitrogens with one attached hydrogen (secondary N) is 1. The molecule has 0 aromatic rings. The van der Waals surface area contributed by atoms with E-state index in [-0.39, 0.29) is 11.8 Å². The molecule has 0 bridgehead atoms. The molecule has 1 saturated heterocycles. The fourth-order valence-electron chi connectivity index (χ4n) is 4.62. The Labute approximate surface area is 146 Å². The zero-order chi connectivity index (χ0) is 17.3. The average Bonchev–Trinajstić information content (AvgIpc) is 3.39. The second-order valence-corrected chi connectivity index (χ2v) is 8.82. The van der Waals surface area contributed by atoms with Gasteiger partial charge < -0.3 is 10.2 Å². The maximum absolute atomic E-state index is 12.7. The first-order chi connectivity index (χ1) is 11.5. The molecular weight excluding hydrogens is 300 g/mol. The van der Waals surface area contributed by atoms with Crippen LogP contribution in [0.2, 0.25) is 0 Å². The van der Waals surface area contributed by atoms with Gasteiger partial charge in [0.15, 0.2) is 0 Å². The van der Waals surface area contributed by atoms with E-state index in [1.165, 1.54) is 12.8 Å². The van der Waals surface area contributed by atoms with Crippen molar-refractivity contribution in [2.75, 3.05) is 13.1 Å². The van der Waals surface area contributed by atoms with E-state index in [4.69, 9.17) is 0 Å². The van der Waals surface area contributed by atoms with Crippen molar-refractivity contribution in [2.24, 2.45) is 29.6 Å². The molecule has 3 rings (SSSR count). The van der Waals surface area contributed by atoms with Crippen LogP contribution in [0.15, 0.2) is 0 Å². The molecule has 3 fully saturated rings. The Balaban J connectivity index is 1.50. The van der Waals surface area contributed by atoms with Gasteiger partial charge in [0.2, 0.25) is 11.8 Å². The molecule has 4 nitrogen and oxygen atoms in total. The third kappa shape index (κ3) is 4.12. The topological polar surface area (TPSA) is 49.4 Å². The van der Waals surface area contributed by atoms with Gasteiger partial charge in [0.05, 0.1) is 0 Å². The summed E-state index contributed by atoms with van der Waals surface area (Å²) in [6.45, 7) is 8.39. The molecule has 3 atom stereocenters. The summed E-state index contributed by atoms with van der Waals surface area (Å²) in [4.78, 5) is 26.9. The number of carbonyl (C=O) groups is 2. The van der Waals surface area contributed by atoms with Crippen LogP contribution in [-0.2, 0) is 9.59 Å². The molecule has 0 unspecified atom stereocenters. The number of carbonyl (C=O) groups excluding carboxylic acids is 2. The molecule has 1 heterocycles. The van der Waals surface area contributed by atoms with Gasteiger partial charge in [-0.1, -0.05) is 27.2 Å². The van der Waals surface area contributed by atoms with E-state index < -0.39 is 0 Å². The van der Waals surface area contributed by atoms with Gasteiger partial charge in [-0.15, -0.1) is 0 Å². The normalized spacial score (nSPS) is 32.0. The highest BCUT2D eigenvalue weighted by Crippen LogP contribution is 2.35. The molecule has 0 aromatic heterocycles. The van der Waals surface area contributed by atoms with Crippen molar-refractivity contribution in [3.8, 4) is 0 Å². The van der Waals surface area contributed by atoms with E-state index in [1.54, 1.807) is 0 Å². The van der Waals surface area contributed by atoms with Crippen LogP contribution in [0, 0.1) is 29.6 Å². The molecule has 2 saturated carbocycles. The molecule has 136 valence electrons. The zero-order valence-corrected chi connectivity index (χ0v) is 15.6. The molecule has 0 radical (unpaired) electrons. The molecule has 3 aliphatic rings. The summed E-state index contributed by atoms with van der Waals surface area (Å²) in [5.41, 5.74) is 0. The number of hydrogen-bond donors (Lipinski definition) is 1. The third-order valence-corrected chi connectivity index (χ3v) is 6.45. The molecule has 0 aromatic carbocycles. The van der Waals surface area contributed by atoms with Crippen molar-refractivity contribution in [3.63, 3.8) is 0 Å². The van der Waals surface area contributed by atoms with Crippen LogP contribution in [0.5, 0.6) is 0 Å². The molecule has 2 amide bonds. The lowest BCUT2D eigenvalue weighted by atomic mass is 9.74. The van der Waals surface area contributed by atoms with E-state index >= 15 is 0 Å². The molecule has 0 spiro atoms. The second-order valence-electron chi connectivity index (χ2n) is 8.82. The van der Waals surface area contributed by atoms with Crippen molar-refractivity contribution in [1.29, 1.82) is 0 Å². The summed E-state index contributed by atoms with van der Waals surface area (Å²) in [5, 5.41) is 3.39. The minimum Gasteiger partial charge on any atom is -0.353 e. The van der Waals surface area contributed by atoms with Crippen molar-refractivity contribution >= 4 is 11.8 Å². The third-order valence-electron chi connectivity index (χ3n) is 6.45. The van der Waals surface area contributed by atoms with E-state index in [0.29, 0.717) is 35.6 Å². The van der Waals surface area contributed by atoms with Gasteiger partial charge in [0.1, 0.15) is 0 Å². The van der Waals surface area contributed by atoms with Crippen molar-refractivity contribution < 1.29 is 9.59 Å². The first-order valence-electron chi connectivity index (χ1n) is 10.0. The summed E-state index contributed by atoms with van der Waals surface area (Å²) in [6.07, 6.45) is 7.44. The minimum absolute atomic E-state index is 0.0956. The van der Waals surface area contributed by atoms with Crippen LogP contribution in [0.25, 0.3) is 0 Å². The Hall–Kier alpha value is -1.06. The minimum atomic E-state index is 0.0956. The Morgan fingerprint density at radius 3 is 2.21 bits per heavy atom. The Bertz CT molecular complexity index is 464. The Morgan fingerprint density at radius 2 is 1.62 bits per heavy atom. The van der Waals surface area contributed by atoms with Crippen molar-refractivity contribution in [2.45, 2.75) is 71.8 Å². The summed E-state index contributed by atoms with van der Waals surface area (Å²) in [5.74, 6) is 2.91. The maximum Gasteiger partial charge on any atom is 0.225 e. The van der Waals surface area contributed by atoms with Gasteiger partial charge >= 0.3 is 0 Å². The van der Waals surface area contributed by atoms with E-state index in [2.05, 4.69) is 26.1 Å². The summed E-state index contributed by atoms with van der Waals surface area (Å²) >= 11 is 0. The first kappa shape index (κ1) is 17.8. The van der Waals surface area contributed by atoms with E-state index in [0.717, 1.165) is 45.2 Å². The van der Waals surface area contributed by atoms with Gasteiger partial charge in [-0.05, 0) is 56.3 Å². The molecule has 4 heteroatoms. The average molecular weight is 335 g/mol. The summed E-state index contributed by atoms with van der Waals surface area (Å²) in [6, 6.07) is 0.340. The van der Waals surface area contributed by atoms with Gasteiger partial charge in [-0.2, -0.15) is 0 Å². The lowest BCUT2D eigenvalue weighted by molar-refractivity contribution is -0.137. The number of rotatable bonds is 4. The highest BCUT2D eigenvalue weighted by Gasteiger charge is 2.37. The summed E-state index contributed by atoms with van der Waals surface area (Å²) in [7, 11) is 0. The molecule has 1 N–H and O–H groups in total. The maximum atomic E-state index is 12.7. The predicted octanol–water partition coefficient (Wildman–Crippen LogP) is 3.21. The van der Waals surface area contributed by atoms with Crippen LogP contribution < -0.4 is 5.32 Å². The standard InChI is InChI=1S/C20H34N2O2/c1-13(2)17-7-4-14(3)12-18(17)21-19(23)15-8-10-22(11-9-15)20(24)16-5-6-16/h13-18H,4-12H2,1-3H3,(H,21,23)/t14-,17+,18-/m1/s1. The zero-order valence-electron chi connectivity index (χ0n) is 15.6. The monoisotopic (exact) mass is 334 g/mol. The molecule has 2 aliphatic carbocycles. The fourth-order valence-corrected chi connectivity index (χ4v) is 4.62. The van der Waals surface area contributed by atoms with Gasteiger partial charge in [0, 0.05) is 31.0 Å². The SMILES string of the molecule is CC(C)[C@@H]1CC[C@@H](C)C[C@H]1NC(=O)C1CCN(C(=O)C2CC2)CC1. The first-order valence-corrected chi connectivity index (χ1v) is 10.0. The van der Waals surface area contributed by atoms with Crippen molar-refractivity contribution in [1.82, 2.24) is 10.2 Å². The second kappa shape index (κ2) is 7.45.